The number of para-hydroxylation sites is 6. The zero-order valence-electron chi connectivity index (χ0n) is 37.3. The molecular formula is C60H36N10. The minimum Gasteiger partial charge on any atom is -0.309 e. The van der Waals surface area contributed by atoms with E-state index in [4.69, 9.17) is 30.0 Å². The van der Waals surface area contributed by atoms with E-state index in [1.165, 1.54) is 0 Å². The third-order valence-electron chi connectivity index (χ3n) is 13.7. The molecule has 70 heavy (non-hydrogen) atoms. The van der Waals surface area contributed by atoms with Crippen LogP contribution in [0.15, 0.2) is 248 Å². The fourth-order valence-corrected chi connectivity index (χ4v) is 10.6. The number of nitrogens with zero attached hydrogens (tertiary/aromatic N) is 10. The van der Waals surface area contributed by atoms with Crippen LogP contribution in [0.1, 0.15) is 16.7 Å². The first kappa shape index (κ1) is 38.3. The average molecular weight is 897 g/mol. The maximum Gasteiger partial charge on any atom is 0.243 e. The monoisotopic (exact) mass is 896 g/mol. The van der Waals surface area contributed by atoms with Crippen LogP contribution in [0.4, 0.5) is 0 Å². The van der Waals surface area contributed by atoms with E-state index in [1.54, 1.807) is 4.90 Å². The van der Waals surface area contributed by atoms with Crippen molar-refractivity contribution in [2.24, 2.45) is 30.0 Å². The molecular weight excluding hydrogens is 861 g/mol. The third kappa shape index (κ3) is 5.74. The number of guanidine groups is 3. The molecule has 0 amide bonds. The fraction of sp³-hybridized carbons (Fsp3) is 0. The van der Waals surface area contributed by atoms with Crippen LogP contribution >= 0.6 is 0 Å². The first-order chi connectivity index (χ1) is 34.7. The molecule has 0 spiro atoms. The summed E-state index contributed by atoms with van der Waals surface area (Å²) < 4.78 is 6.92. The molecule has 3 aliphatic heterocycles. The van der Waals surface area contributed by atoms with E-state index in [9.17, 15) is 0 Å². The molecule has 3 aliphatic rings. The molecule has 9 aromatic carbocycles. The van der Waals surface area contributed by atoms with Crippen LogP contribution < -0.4 is 0 Å². The summed E-state index contributed by atoms with van der Waals surface area (Å²) in [5, 5.41) is 6.69. The number of aliphatic imine (C=N–C) groups is 6. The summed E-state index contributed by atoms with van der Waals surface area (Å²) in [5.74, 6) is 2.68. The van der Waals surface area contributed by atoms with Crippen LogP contribution in [0.5, 0.6) is 0 Å². The molecule has 326 valence electrons. The van der Waals surface area contributed by atoms with Gasteiger partial charge in [-0.3, -0.25) is 0 Å². The number of benzene rings is 9. The SMILES string of the molecule is c1ccc(-n2c3ccccc3c3cc(C4=NC5=NC(c6ccc7c(c6)c6ccccc6n7-c6ccccc6)=NC6=NC(c7ccc8c(c7)c7ccccc7n8-c7ccccc7)=NC(=N4)N56)ccc32)cc1. The Morgan fingerprint density at radius 2 is 0.500 bits per heavy atom. The molecule has 0 saturated heterocycles. The van der Waals surface area contributed by atoms with Crippen LogP contribution in [0.3, 0.4) is 0 Å². The summed E-state index contributed by atoms with van der Waals surface area (Å²) >= 11 is 0. The van der Waals surface area contributed by atoms with Crippen molar-refractivity contribution in [2.45, 2.75) is 0 Å². The van der Waals surface area contributed by atoms with Crippen LogP contribution in [0.2, 0.25) is 0 Å². The van der Waals surface area contributed by atoms with E-state index in [1.807, 2.05) is 18.2 Å². The maximum absolute atomic E-state index is 5.21. The minimum absolute atomic E-state index is 0.395. The Hall–Kier alpha value is -9.80. The molecule has 0 N–H and O–H groups in total. The van der Waals surface area contributed by atoms with Crippen molar-refractivity contribution in [3.8, 4) is 17.1 Å². The van der Waals surface area contributed by atoms with Gasteiger partial charge < -0.3 is 13.7 Å². The second-order valence-electron chi connectivity index (χ2n) is 17.6. The van der Waals surface area contributed by atoms with Gasteiger partial charge in [0.25, 0.3) is 0 Å². The molecule has 6 heterocycles. The predicted octanol–water partition coefficient (Wildman–Crippen LogP) is 13.0. The summed E-state index contributed by atoms with van der Waals surface area (Å²) in [6.07, 6.45) is 0. The van der Waals surface area contributed by atoms with Crippen molar-refractivity contribution in [3.05, 3.63) is 235 Å². The number of hydrogen-bond donors (Lipinski definition) is 0. The van der Waals surface area contributed by atoms with Crippen molar-refractivity contribution in [1.29, 1.82) is 0 Å². The molecule has 0 fully saturated rings. The number of hydrogen-bond acceptors (Lipinski definition) is 7. The summed E-state index contributed by atoms with van der Waals surface area (Å²) in [6, 6.07) is 76.3. The Morgan fingerprint density at radius 1 is 0.229 bits per heavy atom. The second kappa shape index (κ2) is 14.9. The molecule has 0 atom stereocenters. The van der Waals surface area contributed by atoms with Gasteiger partial charge in [-0.05, 0) is 109 Å². The highest BCUT2D eigenvalue weighted by Crippen LogP contribution is 2.37. The molecule has 10 heteroatoms. The lowest BCUT2D eigenvalue weighted by molar-refractivity contribution is 0.828. The number of rotatable bonds is 6. The van der Waals surface area contributed by atoms with Gasteiger partial charge in [-0.2, -0.15) is 30.0 Å². The maximum atomic E-state index is 5.21. The van der Waals surface area contributed by atoms with Crippen molar-refractivity contribution in [1.82, 2.24) is 18.6 Å². The van der Waals surface area contributed by atoms with Gasteiger partial charge in [-0.25, -0.2) is 4.90 Å². The van der Waals surface area contributed by atoms with E-state index in [2.05, 4.69) is 214 Å². The Kier molecular flexibility index (Phi) is 8.13. The number of aromatic nitrogens is 3. The molecule has 0 aliphatic carbocycles. The van der Waals surface area contributed by atoms with E-state index in [-0.39, 0.29) is 0 Å². The van der Waals surface area contributed by atoms with Gasteiger partial charge in [0.15, 0.2) is 17.5 Å². The van der Waals surface area contributed by atoms with Crippen molar-refractivity contribution in [3.63, 3.8) is 0 Å². The zero-order valence-corrected chi connectivity index (χ0v) is 37.3. The van der Waals surface area contributed by atoms with Gasteiger partial charge in [0.1, 0.15) is 0 Å². The van der Waals surface area contributed by atoms with Gasteiger partial charge in [0.2, 0.25) is 17.9 Å². The highest BCUT2D eigenvalue weighted by Gasteiger charge is 2.36. The number of fused-ring (bicyclic) bond motifs is 9. The summed E-state index contributed by atoms with van der Waals surface area (Å²) in [4.78, 5) is 33.0. The summed E-state index contributed by atoms with van der Waals surface area (Å²) in [6.45, 7) is 0. The summed E-state index contributed by atoms with van der Waals surface area (Å²) in [5.41, 5.74) is 12.4. The van der Waals surface area contributed by atoms with E-state index in [0.717, 1.165) is 99.2 Å². The van der Waals surface area contributed by atoms with Gasteiger partial charge >= 0.3 is 0 Å². The predicted molar refractivity (Wildman–Crippen MR) is 286 cm³/mol. The first-order valence-electron chi connectivity index (χ1n) is 23.3. The van der Waals surface area contributed by atoms with Crippen LogP contribution in [-0.4, -0.2) is 54.0 Å². The number of amidine groups is 3. The van der Waals surface area contributed by atoms with Crippen molar-refractivity contribution < 1.29 is 0 Å². The lowest BCUT2D eigenvalue weighted by atomic mass is 10.1. The average Bonchev–Trinajstić information content (AvgIpc) is 4.06. The Balaban J connectivity index is 0.923. The normalized spacial score (nSPS) is 14.5. The van der Waals surface area contributed by atoms with E-state index < -0.39 is 0 Å². The Bertz CT molecular complexity index is 3940. The van der Waals surface area contributed by atoms with E-state index >= 15 is 0 Å². The standard InChI is InChI=1S/C60H36N10/c1-4-16-40(17-5-1)67-49-25-13-10-22-43(49)46-34-37(28-31-52(46)67)55-61-58-63-56(38-29-32-53-47(35-38)44-23-11-14-26-50(44)68(53)41-18-6-2-7-19-41)65-60-66-57(64-59(62-55)70(58)60)39-30-33-54-48(36-39)45-24-12-15-27-51(45)69(54)42-20-8-3-9-21-42/h1-36H. The smallest absolute Gasteiger partial charge is 0.243 e. The molecule has 3 aromatic heterocycles. The third-order valence-corrected chi connectivity index (χ3v) is 13.7. The molecule has 0 saturated carbocycles. The quantitative estimate of drug-likeness (QED) is 0.163. The molecule has 0 unspecified atom stereocenters. The highest BCUT2D eigenvalue weighted by molar-refractivity contribution is 6.35. The molecule has 12 aromatic rings. The highest BCUT2D eigenvalue weighted by atomic mass is 15.5. The van der Waals surface area contributed by atoms with Gasteiger partial charge in [-0.15, -0.1) is 0 Å². The second-order valence-corrected chi connectivity index (χ2v) is 17.6. The summed E-state index contributed by atoms with van der Waals surface area (Å²) in [7, 11) is 0. The lowest BCUT2D eigenvalue weighted by Gasteiger charge is -2.30. The van der Waals surface area contributed by atoms with Crippen molar-refractivity contribution in [2.75, 3.05) is 0 Å². The Labute approximate surface area is 399 Å². The molecule has 0 bridgehead atoms. The zero-order chi connectivity index (χ0) is 45.9. The molecule has 0 radical (unpaired) electrons. The molecule has 10 nitrogen and oxygen atoms in total. The van der Waals surface area contributed by atoms with Crippen LogP contribution in [0.25, 0.3) is 82.5 Å². The fourth-order valence-electron chi connectivity index (χ4n) is 10.6. The van der Waals surface area contributed by atoms with Gasteiger partial charge in [0, 0.05) is 66.1 Å². The van der Waals surface area contributed by atoms with Gasteiger partial charge in [-0.1, -0.05) is 109 Å². The topological polar surface area (TPSA) is 92.2 Å². The Morgan fingerprint density at radius 3 is 0.814 bits per heavy atom. The molecule has 15 rings (SSSR count). The minimum atomic E-state index is 0.395. The lowest BCUT2D eigenvalue weighted by Crippen LogP contribution is -2.48. The van der Waals surface area contributed by atoms with Crippen molar-refractivity contribution >= 4 is 101 Å². The largest absolute Gasteiger partial charge is 0.309 e. The van der Waals surface area contributed by atoms with Crippen LogP contribution in [0, 0.1) is 0 Å². The van der Waals surface area contributed by atoms with Gasteiger partial charge in [0.05, 0.1) is 33.1 Å². The van der Waals surface area contributed by atoms with Crippen LogP contribution in [-0.2, 0) is 0 Å². The first-order valence-corrected chi connectivity index (χ1v) is 23.3. The van der Waals surface area contributed by atoms with E-state index in [0.29, 0.717) is 35.4 Å².